The molecule has 0 spiro atoms. The number of hydrogen-bond donors (Lipinski definition) is 2. The van der Waals surface area contributed by atoms with Crippen molar-refractivity contribution < 1.29 is 26.8 Å². The maximum absolute atomic E-state index is 13.0. The second kappa shape index (κ2) is 5.73. The van der Waals surface area contributed by atoms with Crippen LogP contribution in [0.15, 0.2) is 42.5 Å². The quantitative estimate of drug-likeness (QED) is 0.828. The molecule has 0 heterocycles. The molecule has 0 atom stereocenters. The monoisotopic (exact) mass is 266 g/mol. The molecule has 102 valence electrons. The third kappa shape index (κ3) is 3.24. The summed E-state index contributed by atoms with van der Waals surface area (Å²) in [4.78, 5) is 0. The van der Waals surface area contributed by atoms with Gasteiger partial charge in [-0.25, -0.2) is 4.39 Å². The minimum absolute atomic E-state index is 0. The van der Waals surface area contributed by atoms with E-state index in [1.807, 2.05) is 0 Å². The number of rotatable bonds is 4. The van der Waals surface area contributed by atoms with E-state index in [1.54, 1.807) is 6.07 Å². The molecule has 6 heteroatoms. The van der Waals surface area contributed by atoms with E-state index in [-0.39, 0.29) is 8.32 Å². The predicted octanol–water partition coefficient (Wildman–Crippen LogP) is 1.80. The highest BCUT2D eigenvalue weighted by Crippen LogP contribution is 2.30. The Labute approximate surface area is 113 Å². The highest BCUT2D eigenvalue weighted by Gasteiger charge is 2.15. The highest BCUT2D eigenvalue weighted by atomic mass is 19.1. The van der Waals surface area contributed by atoms with Crippen LogP contribution in [0.3, 0.4) is 0 Å². The minimum atomic E-state index is -1.59. The van der Waals surface area contributed by atoms with Gasteiger partial charge in [0.2, 0.25) is 0 Å². The molecule has 2 N–H and O–H groups in total. The first-order chi connectivity index (χ1) is 9.10. The van der Waals surface area contributed by atoms with Crippen molar-refractivity contribution in [1.29, 1.82) is 0 Å². The fourth-order valence-corrected chi connectivity index (χ4v) is 1.59. The van der Waals surface area contributed by atoms with E-state index in [1.165, 1.54) is 43.5 Å². The lowest BCUT2D eigenvalue weighted by Gasteiger charge is -2.11. The Morgan fingerprint density at radius 3 is 2.53 bits per heavy atom. The summed E-state index contributed by atoms with van der Waals surface area (Å²) in [5, 5.41) is 18.1. The third-order valence-corrected chi connectivity index (χ3v) is 2.51. The Balaban J connectivity index is 0.00000200. The second-order valence-electron chi connectivity index (χ2n) is 3.84. The Morgan fingerprint density at radius 1 is 1.11 bits per heavy atom. The molecule has 0 saturated heterocycles. The molecule has 0 radical (unpaired) electrons. The van der Waals surface area contributed by atoms with Crippen LogP contribution in [0, 0.1) is 5.82 Å². The Morgan fingerprint density at radius 2 is 1.89 bits per heavy atom. The lowest BCUT2D eigenvalue weighted by molar-refractivity contribution is 0.377. The average molecular weight is 266 g/mol. The predicted molar refractivity (Wildman–Crippen MR) is 73.5 cm³/mol. The first-order valence-corrected chi connectivity index (χ1v) is 5.57. The van der Waals surface area contributed by atoms with Crippen molar-refractivity contribution in [3.8, 4) is 17.2 Å². The second-order valence-corrected chi connectivity index (χ2v) is 3.84. The van der Waals surface area contributed by atoms with Gasteiger partial charge in [0.05, 0.1) is 7.11 Å². The van der Waals surface area contributed by atoms with Crippen molar-refractivity contribution >= 4 is 12.6 Å². The Bertz CT molecular complexity index is 584. The number of methoxy groups -OCH3 is 1. The normalized spacial score (nSPS) is 10.1. The minimum Gasteiger partial charge on any atom is -0.493 e. The molecule has 2 rings (SSSR count). The van der Waals surface area contributed by atoms with Crippen molar-refractivity contribution in [3.05, 3.63) is 48.3 Å². The fraction of sp³-hybridized carbons (Fsp3) is 0.0769. The average Bonchev–Trinajstić information content (AvgIpc) is 2.39. The van der Waals surface area contributed by atoms with Gasteiger partial charge >= 0.3 is 7.12 Å². The summed E-state index contributed by atoms with van der Waals surface area (Å²) < 4.78 is 23.6. The third-order valence-electron chi connectivity index (χ3n) is 2.51. The van der Waals surface area contributed by atoms with Crippen LogP contribution < -0.4 is 14.9 Å². The van der Waals surface area contributed by atoms with E-state index in [0.717, 1.165) is 0 Å². The van der Waals surface area contributed by atoms with Crippen LogP contribution in [0.4, 0.5) is 4.39 Å². The molecule has 0 amide bonds. The molecule has 0 fully saturated rings. The van der Waals surface area contributed by atoms with Crippen LogP contribution in [-0.2, 0) is 0 Å². The van der Waals surface area contributed by atoms with Gasteiger partial charge < -0.3 is 19.5 Å². The molecule has 0 unspecified atom stereocenters. The van der Waals surface area contributed by atoms with Crippen molar-refractivity contribution in [2.45, 2.75) is 0 Å². The molecule has 0 aliphatic heterocycles. The van der Waals surface area contributed by atoms with E-state index in [0.29, 0.717) is 17.2 Å². The molecular weight excluding hydrogens is 250 g/mol. The molecule has 19 heavy (non-hydrogen) atoms. The molecule has 0 aliphatic carbocycles. The van der Waals surface area contributed by atoms with E-state index < -0.39 is 12.9 Å². The van der Waals surface area contributed by atoms with Gasteiger partial charge in [0.25, 0.3) is 0 Å². The van der Waals surface area contributed by atoms with Gasteiger partial charge in [0.15, 0.2) is 11.5 Å². The van der Waals surface area contributed by atoms with Gasteiger partial charge in [0, 0.05) is 8.92 Å². The molecule has 0 aliphatic rings. The molecule has 0 aromatic heterocycles. The summed E-state index contributed by atoms with van der Waals surface area (Å²) in [6.45, 7) is 0. The van der Waals surface area contributed by atoms with E-state index >= 15 is 0 Å². The fourth-order valence-electron chi connectivity index (χ4n) is 1.59. The van der Waals surface area contributed by atoms with Crippen LogP contribution in [-0.4, -0.2) is 24.3 Å². The summed E-state index contributed by atoms with van der Waals surface area (Å²) in [7, 11) is -0.154. The molecule has 2 aromatic rings. The zero-order chi connectivity index (χ0) is 13.8. The maximum Gasteiger partial charge on any atom is 0.488 e. The first kappa shape index (κ1) is 13.4. The molecule has 0 bridgehead atoms. The number of ether oxygens (including phenoxy) is 2. The SMILES string of the molecule is COc1cc(B(O)O)ccc1Oc1cccc(F)c1.[HH].[HH]. The summed E-state index contributed by atoms with van der Waals surface area (Å²) >= 11 is 0. The standard InChI is InChI=1S/C13H12BFO4.2H2/c1-18-13-7-9(14(16)17)5-6-12(13)19-11-4-2-3-10(15)8-11;;/h2-8,16-17H,1H3;2*1H. The summed E-state index contributed by atoms with van der Waals surface area (Å²) in [6.07, 6.45) is 0. The first-order valence-electron chi connectivity index (χ1n) is 5.57. The molecule has 4 nitrogen and oxygen atoms in total. The Hall–Kier alpha value is -2.05. The molecule has 0 saturated carbocycles. The Kier molecular flexibility index (Phi) is 4.04. The zero-order valence-corrected chi connectivity index (χ0v) is 10.2. The van der Waals surface area contributed by atoms with Gasteiger partial charge in [-0.05, 0) is 29.7 Å². The zero-order valence-electron chi connectivity index (χ0n) is 10.2. The van der Waals surface area contributed by atoms with Crippen molar-refractivity contribution in [3.63, 3.8) is 0 Å². The van der Waals surface area contributed by atoms with Crippen LogP contribution in [0.2, 0.25) is 0 Å². The van der Waals surface area contributed by atoms with E-state index in [9.17, 15) is 4.39 Å². The van der Waals surface area contributed by atoms with Crippen LogP contribution >= 0.6 is 0 Å². The number of halogens is 1. The van der Waals surface area contributed by atoms with Gasteiger partial charge in [-0.3, -0.25) is 0 Å². The molecule has 2 aromatic carbocycles. The lowest BCUT2D eigenvalue weighted by atomic mass is 9.80. The lowest BCUT2D eigenvalue weighted by Crippen LogP contribution is -2.29. The maximum atomic E-state index is 13.0. The van der Waals surface area contributed by atoms with E-state index in [4.69, 9.17) is 19.5 Å². The largest absolute Gasteiger partial charge is 0.493 e. The van der Waals surface area contributed by atoms with Crippen LogP contribution in [0.5, 0.6) is 17.2 Å². The molecular formula is C13H16BFO4. The highest BCUT2D eigenvalue weighted by molar-refractivity contribution is 6.58. The van der Waals surface area contributed by atoms with Gasteiger partial charge in [-0.1, -0.05) is 12.1 Å². The van der Waals surface area contributed by atoms with Crippen LogP contribution in [0.25, 0.3) is 0 Å². The summed E-state index contributed by atoms with van der Waals surface area (Å²) in [5.74, 6) is 0.613. The van der Waals surface area contributed by atoms with E-state index in [2.05, 4.69) is 0 Å². The summed E-state index contributed by atoms with van der Waals surface area (Å²) in [5.41, 5.74) is 0.281. The summed E-state index contributed by atoms with van der Waals surface area (Å²) in [6, 6.07) is 10.2. The van der Waals surface area contributed by atoms with Crippen LogP contribution in [0.1, 0.15) is 2.85 Å². The smallest absolute Gasteiger partial charge is 0.488 e. The van der Waals surface area contributed by atoms with Crippen molar-refractivity contribution in [2.24, 2.45) is 0 Å². The number of hydrogen-bond acceptors (Lipinski definition) is 4. The topological polar surface area (TPSA) is 58.9 Å². The van der Waals surface area contributed by atoms with Crippen molar-refractivity contribution in [2.75, 3.05) is 7.11 Å². The van der Waals surface area contributed by atoms with Gasteiger partial charge in [-0.2, -0.15) is 0 Å². The van der Waals surface area contributed by atoms with Gasteiger partial charge in [-0.15, -0.1) is 0 Å². The number of benzene rings is 2. The van der Waals surface area contributed by atoms with Crippen molar-refractivity contribution in [1.82, 2.24) is 0 Å². The van der Waals surface area contributed by atoms with Gasteiger partial charge in [0.1, 0.15) is 11.6 Å².